The normalized spacial score (nSPS) is 32.5. The van der Waals surface area contributed by atoms with Crippen molar-refractivity contribution in [2.24, 2.45) is 17.8 Å². The largest absolute Gasteiger partial charge is 0.390 e. The van der Waals surface area contributed by atoms with Crippen LogP contribution in [0.25, 0.3) is 0 Å². The van der Waals surface area contributed by atoms with Crippen molar-refractivity contribution in [2.75, 3.05) is 29.4 Å². The second kappa shape index (κ2) is 9.16. The van der Waals surface area contributed by atoms with Crippen LogP contribution in [0, 0.1) is 23.6 Å². The van der Waals surface area contributed by atoms with Gasteiger partial charge in [0.2, 0.25) is 0 Å². The molecular weight excluding hydrogens is 485 g/mol. The number of pyridine rings is 2. The van der Waals surface area contributed by atoms with Gasteiger partial charge in [-0.25, -0.2) is 9.37 Å². The lowest BCUT2D eigenvalue weighted by atomic mass is 9.52. The first-order chi connectivity index (χ1) is 18.0. The van der Waals surface area contributed by atoms with Crippen molar-refractivity contribution in [2.45, 2.75) is 76.2 Å². The third-order valence-corrected chi connectivity index (χ3v) is 9.24. The van der Waals surface area contributed by atoms with Gasteiger partial charge in [-0.3, -0.25) is 9.78 Å². The van der Waals surface area contributed by atoms with Crippen LogP contribution in [-0.4, -0.2) is 63.4 Å². The molecule has 9 heteroatoms. The van der Waals surface area contributed by atoms with Gasteiger partial charge in [0.15, 0.2) is 11.6 Å². The van der Waals surface area contributed by atoms with Gasteiger partial charge in [-0.05, 0) is 94.9 Å². The number of anilines is 2. The number of amides is 1. The first-order valence-corrected chi connectivity index (χ1v) is 13.9. The summed E-state index contributed by atoms with van der Waals surface area (Å²) in [4.78, 5) is 26.3. The molecular formula is C29H38FN5O3. The van der Waals surface area contributed by atoms with Crippen LogP contribution in [0.1, 0.15) is 69.1 Å². The van der Waals surface area contributed by atoms with E-state index in [-0.39, 0.29) is 29.5 Å². The summed E-state index contributed by atoms with van der Waals surface area (Å²) < 4.78 is 15.0. The van der Waals surface area contributed by atoms with E-state index in [9.17, 15) is 19.4 Å². The summed E-state index contributed by atoms with van der Waals surface area (Å²) in [5, 5.41) is 24.2. The number of nitrogens with one attached hydrogen (secondary N) is 1. The lowest BCUT2D eigenvalue weighted by molar-refractivity contribution is -0.136. The minimum absolute atomic E-state index is 0.0387. The average Bonchev–Trinajstić information content (AvgIpc) is 2.85. The first kappa shape index (κ1) is 25.5. The number of aromatic nitrogens is 2. The van der Waals surface area contributed by atoms with Crippen LogP contribution in [0.3, 0.4) is 0 Å². The molecule has 2 aromatic rings. The van der Waals surface area contributed by atoms with Crippen molar-refractivity contribution in [1.82, 2.24) is 15.3 Å². The highest BCUT2D eigenvalue weighted by molar-refractivity contribution is 5.93. The molecule has 38 heavy (non-hydrogen) atoms. The van der Waals surface area contributed by atoms with Crippen LogP contribution in [-0.2, 0) is 5.60 Å². The summed E-state index contributed by atoms with van der Waals surface area (Å²) in [6, 6.07) is 6.61. The Kier molecular flexibility index (Phi) is 6.14. The van der Waals surface area contributed by atoms with Gasteiger partial charge >= 0.3 is 0 Å². The molecule has 7 rings (SSSR count). The van der Waals surface area contributed by atoms with Crippen LogP contribution in [0.15, 0.2) is 30.5 Å². The molecule has 4 saturated carbocycles. The maximum atomic E-state index is 15.0. The van der Waals surface area contributed by atoms with E-state index < -0.39 is 17.0 Å². The van der Waals surface area contributed by atoms with Gasteiger partial charge in [0.25, 0.3) is 5.91 Å². The Morgan fingerprint density at radius 2 is 1.87 bits per heavy atom. The Balaban J connectivity index is 1.14. The number of rotatable bonds is 5. The third-order valence-electron chi connectivity index (χ3n) is 9.24. The Labute approximate surface area is 223 Å². The Bertz CT molecular complexity index is 1200. The second-order valence-electron chi connectivity index (χ2n) is 12.6. The minimum Gasteiger partial charge on any atom is -0.390 e. The highest BCUT2D eigenvalue weighted by atomic mass is 19.1. The first-order valence-electron chi connectivity index (χ1n) is 13.9. The number of piperazine rings is 1. The number of halogens is 1. The molecule has 3 heterocycles. The maximum Gasteiger partial charge on any atom is 0.270 e. The molecule has 3 atom stereocenters. The van der Waals surface area contributed by atoms with Gasteiger partial charge in [0.05, 0.1) is 23.2 Å². The maximum absolute atomic E-state index is 15.0. The minimum atomic E-state index is -0.998. The van der Waals surface area contributed by atoms with E-state index in [0.717, 1.165) is 37.8 Å². The summed E-state index contributed by atoms with van der Waals surface area (Å²) in [6.07, 6.45) is 6.29. The second-order valence-corrected chi connectivity index (χ2v) is 12.6. The van der Waals surface area contributed by atoms with E-state index in [4.69, 9.17) is 0 Å². The molecule has 0 spiro atoms. The predicted molar refractivity (Wildman–Crippen MR) is 142 cm³/mol. The van der Waals surface area contributed by atoms with E-state index in [1.54, 1.807) is 20.0 Å². The monoisotopic (exact) mass is 523 g/mol. The molecule has 2 aromatic heterocycles. The molecule has 0 radical (unpaired) electrons. The molecule has 204 valence electrons. The Morgan fingerprint density at radius 3 is 2.47 bits per heavy atom. The number of carbonyl (C=O) groups excluding carboxylic acids is 1. The van der Waals surface area contributed by atoms with Crippen LogP contribution in [0.2, 0.25) is 0 Å². The summed E-state index contributed by atoms with van der Waals surface area (Å²) in [6.45, 7) is 7.30. The van der Waals surface area contributed by atoms with E-state index in [1.807, 2.05) is 24.0 Å². The third kappa shape index (κ3) is 4.64. The highest BCUT2D eigenvalue weighted by Gasteiger charge is 2.55. The van der Waals surface area contributed by atoms with Gasteiger partial charge in [-0.2, -0.15) is 0 Å². The summed E-state index contributed by atoms with van der Waals surface area (Å²) >= 11 is 0. The molecule has 1 saturated heterocycles. The molecule has 5 fully saturated rings. The van der Waals surface area contributed by atoms with Crippen molar-refractivity contribution in [3.8, 4) is 0 Å². The molecule has 3 N–H and O–H groups in total. The zero-order valence-electron chi connectivity index (χ0n) is 22.4. The lowest BCUT2D eigenvalue weighted by Crippen LogP contribution is -2.61. The van der Waals surface area contributed by atoms with Crippen molar-refractivity contribution >= 4 is 17.4 Å². The molecule has 5 aliphatic rings. The number of hydrogen-bond acceptors (Lipinski definition) is 7. The lowest BCUT2D eigenvalue weighted by Gasteiger charge is -2.58. The van der Waals surface area contributed by atoms with Gasteiger partial charge in [0.1, 0.15) is 11.3 Å². The van der Waals surface area contributed by atoms with Gasteiger partial charge in [-0.15, -0.1) is 0 Å². The van der Waals surface area contributed by atoms with Crippen LogP contribution >= 0.6 is 0 Å². The predicted octanol–water partition coefficient (Wildman–Crippen LogP) is 3.23. The van der Waals surface area contributed by atoms with E-state index in [1.165, 1.54) is 12.1 Å². The van der Waals surface area contributed by atoms with Crippen molar-refractivity contribution in [3.63, 3.8) is 0 Å². The number of carbonyl (C=O) groups is 1. The fourth-order valence-corrected chi connectivity index (χ4v) is 7.64. The number of nitrogens with zero attached hydrogens (tertiary/aromatic N) is 4. The van der Waals surface area contributed by atoms with Gasteiger partial charge in [0, 0.05) is 31.7 Å². The molecule has 1 amide bonds. The number of hydrogen-bond donors (Lipinski definition) is 3. The van der Waals surface area contributed by atoms with Gasteiger partial charge < -0.3 is 25.3 Å². The fourth-order valence-electron chi connectivity index (χ4n) is 7.64. The Morgan fingerprint density at radius 1 is 1.13 bits per heavy atom. The zero-order valence-corrected chi connectivity index (χ0v) is 22.4. The van der Waals surface area contributed by atoms with Crippen LogP contribution in [0.4, 0.5) is 15.9 Å². The topological polar surface area (TPSA) is 102 Å². The quantitative estimate of drug-likeness (QED) is 0.553. The fraction of sp³-hybridized carbons (Fsp3) is 0.621. The SMILES string of the molecule is C[C@@H]1CN(c2ccc(C(C)(C)O)nc2)CCN1c1nc(C(=O)N[C@H]2C3CC4CC2C[C@](O)(C4)C3)ccc1F. The summed E-state index contributed by atoms with van der Waals surface area (Å²) in [7, 11) is 0. The number of aliphatic hydroxyl groups is 2. The standard InChI is InChI=1S/C29H38FN5O3/c1-17-16-34(21-4-7-24(31-15-21)28(2,3)37)8-9-35(17)26-22(30)5-6-23(32-26)27(36)33-25-19-10-18-11-20(25)14-29(38,12-18)13-19/h4-7,15,17-20,25,37-38H,8-14,16H2,1-3H3,(H,33,36)/t17-,18?,19?,20?,25-,29-/m1/s1. The molecule has 2 unspecified atom stereocenters. The smallest absolute Gasteiger partial charge is 0.270 e. The van der Waals surface area contributed by atoms with Crippen molar-refractivity contribution in [1.29, 1.82) is 0 Å². The van der Waals surface area contributed by atoms with Crippen LogP contribution < -0.4 is 15.1 Å². The summed E-state index contributed by atoms with van der Waals surface area (Å²) in [5.74, 6) is 0.677. The molecule has 4 aliphatic carbocycles. The molecule has 8 nitrogen and oxygen atoms in total. The van der Waals surface area contributed by atoms with E-state index >= 15 is 0 Å². The molecule has 4 bridgehead atoms. The van der Waals surface area contributed by atoms with E-state index in [2.05, 4.69) is 20.2 Å². The molecule has 0 aromatic carbocycles. The van der Waals surface area contributed by atoms with Crippen molar-refractivity contribution in [3.05, 3.63) is 47.7 Å². The average molecular weight is 524 g/mol. The highest BCUT2D eigenvalue weighted by Crippen LogP contribution is 2.55. The molecule has 1 aliphatic heterocycles. The Hall–Kier alpha value is -2.78. The van der Waals surface area contributed by atoms with E-state index in [0.29, 0.717) is 43.1 Å². The summed E-state index contributed by atoms with van der Waals surface area (Å²) in [5.41, 5.74) is 0.243. The van der Waals surface area contributed by atoms with Crippen LogP contribution in [0.5, 0.6) is 0 Å². The van der Waals surface area contributed by atoms with Gasteiger partial charge in [-0.1, -0.05) is 0 Å². The van der Waals surface area contributed by atoms with Crippen molar-refractivity contribution < 1.29 is 19.4 Å². The zero-order chi connectivity index (χ0) is 26.8.